The average molecular weight is 378 g/mol. The van der Waals surface area contributed by atoms with E-state index in [1.54, 1.807) is 13.3 Å². The highest BCUT2D eigenvalue weighted by atomic mass is 16.5. The third-order valence-corrected chi connectivity index (χ3v) is 5.02. The summed E-state index contributed by atoms with van der Waals surface area (Å²) in [5, 5.41) is 4.51. The highest BCUT2D eigenvalue weighted by Crippen LogP contribution is 2.20. The number of benzene rings is 1. The molecule has 0 spiro atoms. The van der Waals surface area contributed by atoms with Gasteiger partial charge in [0.05, 0.1) is 26.0 Å². The van der Waals surface area contributed by atoms with Crippen LogP contribution < -0.4 is 4.74 Å². The van der Waals surface area contributed by atoms with Crippen molar-refractivity contribution in [3.63, 3.8) is 0 Å². The molecule has 6 heteroatoms. The highest BCUT2D eigenvalue weighted by Gasteiger charge is 2.22. The first kappa shape index (κ1) is 18.7. The smallest absolute Gasteiger partial charge is 0.119 e. The lowest BCUT2D eigenvalue weighted by Crippen LogP contribution is -2.30. The molecule has 0 aliphatic carbocycles. The Morgan fingerprint density at radius 2 is 2.00 bits per heavy atom. The Labute approximate surface area is 165 Å². The molecule has 28 heavy (non-hydrogen) atoms. The maximum absolute atomic E-state index is 6.01. The number of rotatable bonds is 7. The minimum atomic E-state index is 0.378. The van der Waals surface area contributed by atoms with E-state index in [-0.39, 0.29) is 0 Å². The van der Waals surface area contributed by atoms with Crippen LogP contribution >= 0.6 is 0 Å². The van der Waals surface area contributed by atoms with Crippen LogP contribution in [0, 0.1) is 5.92 Å². The van der Waals surface area contributed by atoms with Gasteiger partial charge in [-0.05, 0) is 35.4 Å². The third-order valence-electron chi connectivity index (χ3n) is 5.02. The zero-order chi connectivity index (χ0) is 19.2. The third kappa shape index (κ3) is 4.77. The summed E-state index contributed by atoms with van der Waals surface area (Å²) >= 11 is 0. The van der Waals surface area contributed by atoms with Gasteiger partial charge in [-0.15, -0.1) is 0 Å². The number of hydrogen-bond acceptors (Lipinski definition) is 5. The number of nitrogens with zero attached hydrogens (tertiary/aromatic N) is 4. The van der Waals surface area contributed by atoms with Crippen LogP contribution in [0.25, 0.3) is 0 Å². The van der Waals surface area contributed by atoms with Crippen molar-refractivity contribution in [3.8, 4) is 5.75 Å². The molecule has 1 aromatic carbocycles. The van der Waals surface area contributed by atoms with Crippen LogP contribution in [0.3, 0.4) is 0 Å². The molecule has 0 radical (unpaired) electrons. The number of methoxy groups -OCH3 is 1. The van der Waals surface area contributed by atoms with Crippen molar-refractivity contribution in [3.05, 3.63) is 77.9 Å². The SMILES string of the molecule is COc1cccc(CN2Cc3ccnn3CC(COCc3cccnc3)C2)c1. The van der Waals surface area contributed by atoms with Crippen LogP contribution in [0.2, 0.25) is 0 Å². The second kappa shape index (κ2) is 8.99. The van der Waals surface area contributed by atoms with Gasteiger partial charge >= 0.3 is 0 Å². The molecule has 1 aliphatic heterocycles. The topological polar surface area (TPSA) is 52.4 Å². The van der Waals surface area contributed by atoms with Crippen molar-refractivity contribution in [2.45, 2.75) is 26.2 Å². The first-order valence-corrected chi connectivity index (χ1v) is 9.63. The van der Waals surface area contributed by atoms with E-state index in [2.05, 4.69) is 37.9 Å². The van der Waals surface area contributed by atoms with Crippen molar-refractivity contribution in [1.29, 1.82) is 0 Å². The van der Waals surface area contributed by atoms with E-state index < -0.39 is 0 Å². The minimum Gasteiger partial charge on any atom is -0.497 e. The molecule has 2 aromatic heterocycles. The fourth-order valence-corrected chi connectivity index (χ4v) is 3.70. The Kier molecular flexibility index (Phi) is 5.99. The van der Waals surface area contributed by atoms with E-state index in [1.165, 1.54) is 11.3 Å². The molecular formula is C22H26N4O2. The first-order chi connectivity index (χ1) is 13.8. The molecule has 146 valence electrons. The summed E-state index contributed by atoms with van der Waals surface area (Å²) in [5.41, 5.74) is 3.60. The van der Waals surface area contributed by atoms with E-state index in [4.69, 9.17) is 9.47 Å². The summed E-state index contributed by atoms with van der Waals surface area (Å²) < 4.78 is 13.5. The molecule has 0 saturated heterocycles. The van der Waals surface area contributed by atoms with E-state index in [9.17, 15) is 0 Å². The van der Waals surface area contributed by atoms with Gasteiger partial charge in [-0.2, -0.15) is 5.10 Å². The maximum Gasteiger partial charge on any atom is 0.119 e. The molecule has 3 aromatic rings. The fourth-order valence-electron chi connectivity index (χ4n) is 3.70. The Bertz CT molecular complexity index is 881. The molecule has 0 bridgehead atoms. The summed E-state index contributed by atoms with van der Waals surface area (Å²) in [4.78, 5) is 6.61. The molecule has 1 aliphatic rings. The number of fused-ring (bicyclic) bond motifs is 1. The molecule has 0 N–H and O–H groups in total. The number of pyridine rings is 1. The fraction of sp³-hybridized carbons (Fsp3) is 0.364. The zero-order valence-electron chi connectivity index (χ0n) is 16.2. The van der Waals surface area contributed by atoms with Crippen molar-refractivity contribution < 1.29 is 9.47 Å². The highest BCUT2D eigenvalue weighted by molar-refractivity contribution is 5.28. The van der Waals surface area contributed by atoms with Crippen LogP contribution in [0.5, 0.6) is 5.75 Å². The lowest BCUT2D eigenvalue weighted by atomic mass is 10.1. The second-order valence-corrected chi connectivity index (χ2v) is 7.27. The van der Waals surface area contributed by atoms with Gasteiger partial charge in [-0.3, -0.25) is 14.6 Å². The normalized spacial score (nSPS) is 17.1. The van der Waals surface area contributed by atoms with Gasteiger partial charge in [-0.25, -0.2) is 0 Å². The van der Waals surface area contributed by atoms with Crippen molar-refractivity contribution in [2.75, 3.05) is 20.3 Å². The Morgan fingerprint density at radius 1 is 1.07 bits per heavy atom. The van der Waals surface area contributed by atoms with Gasteiger partial charge in [0, 0.05) is 50.7 Å². The van der Waals surface area contributed by atoms with Crippen LogP contribution in [-0.2, 0) is 31.0 Å². The maximum atomic E-state index is 6.01. The quantitative estimate of drug-likeness (QED) is 0.632. The number of aromatic nitrogens is 3. The molecule has 1 atom stereocenters. The minimum absolute atomic E-state index is 0.378. The van der Waals surface area contributed by atoms with Gasteiger partial charge in [0.25, 0.3) is 0 Å². The number of hydrogen-bond donors (Lipinski definition) is 0. The van der Waals surface area contributed by atoms with E-state index in [1.807, 2.05) is 36.7 Å². The monoisotopic (exact) mass is 378 g/mol. The summed E-state index contributed by atoms with van der Waals surface area (Å²) in [6.07, 6.45) is 5.52. The zero-order valence-corrected chi connectivity index (χ0v) is 16.2. The van der Waals surface area contributed by atoms with Crippen molar-refractivity contribution >= 4 is 0 Å². The molecule has 0 amide bonds. The summed E-state index contributed by atoms with van der Waals surface area (Å²) in [6.45, 7) is 4.89. The molecular weight excluding hydrogens is 352 g/mol. The summed E-state index contributed by atoms with van der Waals surface area (Å²) in [6, 6.07) is 14.4. The largest absolute Gasteiger partial charge is 0.497 e. The van der Waals surface area contributed by atoms with Crippen molar-refractivity contribution in [1.82, 2.24) is 19.7 Å². The molecule has 0 saturated carbocycles. The lowest BCUT2D eigenvalue weighted by molar-refractivity contribution is 0.0655. The van der Waals surface area contributed by atoms with E-state index in [0.717, 1.165) is 37.5 Å². The van der Waals surface area contributed by atoms with E-state index in [0.29, 0.717) is 19.1 Å². The average Bonchev–Trinajstić information content (AvgIpc) is 3.08. The predicted octanol–water partition coefficient (Wildman–Crippen LogP) is 3.14. The van der Waals surface area contributed by atoms with Crippen LogP contribution in [0.1, 0.15) is 16.8 Å². The summed E-state index contributed by atoms with van der Waals surface area (Å²) in [5.74, 6) is 1.28. The van der Waals surface area contributed by atoms with Gasteiger partial charge in [0.2, 0.25) is 0 Å². The Balaban J connectivity index is 1.42. The van der Waals surface area contributed by atoms with Gasteiger partial charge in [0.1, 0.15) is 5.75 Å². The predicted molar refractivity (Wildman–Crippen MR) is 107 cm³/mol. The van der Waals surface area contributed by atoms with Crippen LogP contribution in [-0.4, -0.2) is 39.9 Å². The molecule has 6 nitrogen and oxygen atoms in total. The molecule has 3 heterocycles. The lowest BCUT2D eigenvalue weighted by Gasteiger charge is -2.24. The van der Waals surface area contributed by atoms with Gasteiger partial charge in [0.15, 0.2) is 0 Å². The van der Waals surface area contributed by atoms with Crippen molar-refractivity contribution in [2.24, 2.45) is 5.92 Å². The molecule has 1 unspecified atom stereocenters. The molecule has 4 rings (SSSR count). The Morgan fingerprint density at radius 3 is 2.86 bits per heavy atom. The Hall–Kier alpha value is -2.70. The van der Waals surface area contributed by atoms with Gasteiger partial charge in [-0.1, -0.05) is 18.2 Å². The standard InChI is InChI=1S/C22H26N4O2/c1-27-22-6-2-4-18(10-22)12-25-13-20(14-26-21(15-25)7-9-24-26)17-28-16-19-5-3-8-23-11-19/h2-11,20H,12-17H2,1H3. The molecule has 0 fully saturated rings. The first-order valence-electron chi connectivity index (χ1n) is 9.63. The van der Waals surface area contributed by atoms with Gasteiger partial charge < -0.3 is 9.47 Å². The summed E-state index contributed by atoms with van der Waals surface area (Å²) in [7, 11) is 1.71. The number of ether oxygens (including phenoxy) is 2. The second-order valence-electron chi connectivity index (χ2n) is 7.27. The van der Waals surface area contributed by atoms with E-state index >= 15 is 0 Å². The van der Waals surface area contributed by atoms with Crippen LogP contribution in [0.15, 0.2) is 61.1 Å². The van der Waals surface area contributed by atoms with Crippen LogP contribution in [0.4, 0.5) is 0 Å².